The highest BCUT2D eigenvalue weighted by Gasteiger charge is 2.24. The molecule has 2 aliphatic rings. The topological polar surface area (TPSA) is 50.3 Å². The van der Waals surface area contributed by atoms with Gasteiger partial charge in [-0.15, -0.1) is 0 Å². The molecule has 0 aliphatic carbocycles. The highest BCUT2D eigenvalue weighted by Crippen LogP contribution is 2.31. The van der Waals surface area contributed by atoms with E-state index in [1.807, 2.05) is 25.1 Å². The van der Waals surface area contributed by atoms with Crippen molar-refractivity contribution in [2.24, 2.45) is 0 Å². The van der Waals surface area contributed by atoms with Crippen molar-refractivity contribution in [2.45, 2.75) is 26.6 Å². The Morgan fingerprint density at radius 2 is 2.18 bits per heavy atom. The Kier molecular flexibility index (Phi) is 3.39. The summed E-state index contributed by atoms with van der Waals surface area (Å²) >= 11 is 6.13. The molecule has 6 heteroatoms. The van der Waals surface area contributed by atoms with E-state index in [0.717, 1.165) is 59.9 Å². The van der Waals surface area contributed by atoms with Crippen LogP contribution in [0, 0.1) is 6.92 Å². The molecule has 2 aliphatic heterocycles. The third kappa shape index (κ3) is 2.40. The molecule has 2 aromatic rings. The number of nitrogens with one attached hydrogen (secondary N) is 1. The molecule has 0 bridgehead atoms. The van der Waals surface area contributed by atoms with Gasteiger partial charge in [-0.05, 0) is 25.1 Å². The zero-order valence-electron chi connectivity index (χ0n) is 12.4. The number of hydrogen-bond acceptors (Lipinski definition) is 5. The van der Waals surface area contributed by atoms with Crippen molar-refractivity contribution >= 4 is 17.4 Å². The zero-order valence-corrected chi connectivity index (χ0v) is 13.2. The predicted octanol–water partition coefficient (Wildman–Crippen LogP) is 2.44. The van der Waals surface area contributed by atoms with Crippen LogP contribution in [-0.4, -0.2) is 23.1 Å². The number of halogens is 1. The summed E-state index contributed by atoms with van der Waals surface area (Å²) < 4.78 is 5.85. The van der Waals surface area contributed by atoms with E-state index in [2.05, 4.69) is 15.2 Å². The number of aromatic nitrogens is 2. The molecule has 22 heavy (non-hydrogen) atoms. The highest BCUT2D eigenvalue weighted by molar-refractivity contribution is 6.30. The van der Waals surface area contributed by atoms with E-state index in [-0.39, 0.29) is 0 Å². The van der Waals surface area contributed by atoms with Crippen LogP contribution < -0.4 is 15.0 Å². The lowest BCUT2D eigenvalue weighted by atomic mass is 10.1. The fraction of sp³-hybridized carbons (Fsp3) is 0.375. The molecule has 0 atom stereocenters. The molecule has 5 nitrogen and oxygen atoms in total. The van der Waals surface area contributed by atoms with E-state index in [1.54, 1.807) is 0 Å². The summed E-state index contributed by atoms with van der Waals surface area (Å²) in [4.78, 5) is 11.5. The summed E-state index contributed by atoms with van der Waals surface area (Å²) in [5.41, 5.74) is 3.41. The van der Waals surface area contributed by atoms with Gasteiger partial charge in [-0.1, -0.05) is 11.6 Å². The van der Waals surface area contributed by atoms with Gasteiger partial charge >= 0.3 is 0 Å². The molecule has 114 valence electrons. The Morgan fingerprint density at radius 1 is 1.27 bits per heavy atom. The van der Waals surface area contributed by atoms with Crippen LogP contribution in [-0.2, 0) is 19.6 Å². The number of ether oxygens (including phenoxy) is 1. The molecule has 0 saturated heterocycles. The highest BCUT2D eigenvalue weighted by atomic mass is 35.5. The van der Waals surface area contributed by atoms with Gasteiger partial charge in [-0.25, -0.2) is 9.97 Å². The molecule has 1 N–H and O–H groups in total. The van der Waals surface area contributed by atoms with Gasteiger partial charge in [0.15, 0.2) is 0 Å². The number of fused-ring (bicyclic) bond motifs is 2. The van der Waals surface area contributed by atoms with Crippen LogP contribution in [0.4, 0.5) is 5.82 Å². The van der Waals surface area contributed by atoms with Gasteiger partial charge in [0, 0.05) is 35.8 Å². The van der Waals surface area contributed by atoms with Gasteiger partial charge in [0.25, 0.3) is 0 Å². The third-order valence-electron chi connectivity index (χ3n) is 4.08. The minimum absolute atomic E-state index is 0.639. The fourth-order valence-corrected chi connectivity index (χ4v) is 3.27. The molecule has 1 aromatic heterocycles. The maximum Gasteiger partial charge on any atom is 0.137 e. The Morgan fingerprint density at radius 3 is 3.09 bits per heavy atom. The SMILES string of the molecule is Cc1nc2c(c(N3CCOc4ccc(Cl)cc4C3)n1)CNC2. The number of nitrogens with zero attached hydrogens (tertiary/aromatic N) is 3. The Labute approximate surface area is 134 Å². The summed E-state index contributed by atoms with van der Waals surface area (Å²) in [7, 11) is 0. The average molecular weight is 317 g/mol. The molecule has 0 saturated carbocycles. The van der Waals surface area contributed by atoms with Gasteiger partial charge in [0.2, 0.25) is 0 Å². The number of rotatable bonds is 1. The van der Waals surface area contributed by atoms with Gasteiger partial charge < -0.3 is 15.0 Å². The summed E-state index contributed by atoms with van der Waals surface area (Å²) in [6, 6.07) is 5.78. The van der Waals surface area contributed by atoms with Crippen LogP contribution in [0.1, 0.15) is 22.6 Å². The first-order valence-corrected chi connectivity index (χ1v) is 7.82. The molecule has 1 aromatic carbocycles. The quantitative estimate of drug-likeness (QED) is 0.875. The normalized spacial score (nSPS) is 16.7. The van der Waals surface area contributed by atoms with E-state index < -0.39 is 0 Å². The largest absolute Gasteiger partial charge is 0.491 e. The van der Waals surface area contributed by atoms with E-state index in [1.165, 1.54) is 5.56 Å². The van der Waals surface area contributed by atoms with Gasteiger partial charge in [-0.3, -0.25) is 0 Å². The Balaban J connectivity index is 1.75. The number of anilines is 1. The summed E-state index contributed by atoms with van der Waals surface area (Å²) in [5.74, 6) is 2.74. The third-order valence-corrected chi connectivity index (χ3v) is 4.31. The molecule has 3 heterocycles. The number of benzene rings is 1. The smallest absolute Gasteiger partial charge is 0.137 e. The summed E-state index contributed by atoms with van der Waals surface area (Å²) in [6.45, 7) is 5.78. The molecular weight excluding hydrogens is 300 g/mol. The molecular formula is C16H17ClN4O. The predicted molar refractivity (Wildman–Crippen MR) is 85.3 cm³/mol. The zero-order chi connectivity index (χ0) is 15.1. The lowest BCUT2D eigenvalue weighted by Gasteiger charge is -2.23. The second-order valence-electron chi connectivity index (χ2n) is 5.65. The second kappa shape index (κ2) is 5.41. The van der Waals surface area contributed by atoms with E-state index in [4.69, 9.17) is 21.3 Å². The molecule has 0 radical (unpaired) electrons. The second-order valence-corrected chi connectivity index (χ2v) is 6.08. The van der Waals surface area contributed by atoms with Crippen molar-refractivity contribution in [1.82, 2.24) is 15.3 Å². The Bertz CT molecular complexity index is 734. The maximum absolute atomic E-state index is 6.13. The van der Waals surface area contributed by atoms with Crippen molar-refractivity contribution in [2.75, 3.05) is 18.1 Å². The van der Waals surface area contributed by atoms with Crippen LogP contribution in [0.2, 0.25) is 5.02 Å². The van der Waals surface area contributed by atoms with E-state index in [9.17, 15) is 0 Å². The summed E-state index contributed by atoms with van der Waals surface area (Å²) in [5, 5.41) is 4.09. The van der Waals surface area contributed by atoms with Crippen molar-refractivity contribution in [1.29, 1.82) is 0 Å². The van der Waals surface area contributed by atoms with Gasteiger partial charge in [0.1, 0.15) is 24.0 Å². The molecule has 4 rings (SSSR count). The average Bonchev–Trinajstić information content (AvgIpc) is 2.85. The Hall–Kier alpha value is -1.85. The number of hydrogen-bond donors (Lipinski definition) is 1. The van der Waals surface area contributed by atoms with Gasteiger partial charge in [-0.2, -0.15) is 0 Å². The first kappa shape index (κ1) is 13.8. The minimum Gasteiger partial charge on any atom is -0.491 e. The van der Waals surface area contributed by atoms with Crippen LogP contribution in [0.15, 0.2) is 18.2 Å². The van der Waals surface area contributed by atoms with E-state index >= 15 is 0 Å². The standard InChI is InChI=1S/C16H17ClN4O/c1-10-19-14-8-18-7-13(14)16(20-10)21-4-5-22-15-3-2-12(17)6-11(15)9-21/h2-3,6,18H,4-5,7-9H2,1H3. The van der Waals surface area contributed by atoms with E-state index in [0.29, 0.717) is 6.61 Å². The van der Waals surface area contributed by atoms with Crippen LogP contribution in [0.5, 0.6) is 5.75 Å². The monoisotopic (exact) mass is 316 g/mol. The lowest BCUT2D eigenvalue weighted by Crippen LogP contribution is -2.28. The van der Waals surface area contributed by atoms with Crippen molar-refractivity contribution in [3.8, 4) is 5.75 Å². The maximum atomic E-state index is 6.13. The first-order chi connectivity index (χ1) is 10.7. The van der Waals surface area contributed by atoms with Crippen molar-refractivity contribution in [3.63, 3.8) is 0 Å². The molecule has 0 unspecified atom stereocenters. The molecule has 0 amide bonds. The minimum atomic E-state index is 0.639. The molecule has 0 fully saturated rings. The van der Waals surface area contributed by atoms with Gasteiger partial charge in [0.05, 0.1) is 12.2 Å². The van der Waals surface area contributed by atoms with Crippen molar-refractivity contribution < 1.29 is 4.74 Å². The molecule has 0 spiro atoms. The first-order valence-electron chi connectivity index (χ1n) is 7.44. The fourth-order valence-electron chi connectivity index (χ4n) is 3.08. The lowest BCUT2D eigenvalue weighted by molar-refractivity contribution is 0.331. The van der Waals surface area contributed by atoms with Crippen LogP contribution in [0.25, 0.3) is 0 Å². The van der Waals surface area contributed by atoms with Crippen LogP contribution >= 0.6 is 11.6 Å². The van der Waals surface area contributed by atoms with Crippen LogP contribution in [0.3, 0.4) is 0 Å². The summed E-state index contributed by atoms with van der Waals surface area (Å²) in [6.07, 6.45) is 0. The number of aryl methyl sites for hydroxylation is 1. The van der Waals surface area contributed by atoms with Crippen molar-refractivity contribution in [3.05, 3.63) is 45.9 Å².